The largest absolute Gasteiger partial charge is 0.370 e. The smallest absolute Gasteiger partial charge is 0.246 e. The second kappa shape index (κ2) is 4.44. The molecule has 0 aliphatic carbocycles. The van der Waals surface area contributed by atoms with E-state index in [0.717, 1.165) is 35.1 Å². The fourth-order valence-corrected chi connectivity index (χ4v) is 3.05. The summed E-state index contributed by atoms with van der Waals surface area (Å²) >= 11 is 6.35. The fraction of sp³-hybridized carbons (Fsp3) is 0.462. The molecule has 2 aliphatic rings. The van der Waals surface area contributed by atoms with Crippen LogP contribution in [0.15, 0.2) is 12.1 Å². The van der Waals surface area contributed by atoms with Gasteiger partial charge in [-0.15, -0.1) is 0 Å². The van der Waals surface area contributed by atoms with E-state index < -0.39 is 0 Å². The average molecular weight is 266 g/mol. The van der Waals surface area contributed by atoms with Gasteiger partial charge in [0.15, 0.2) is 0 Å². The molecule has 2 heterocycles. The monoisotopic (exact) mass is 265 g/mol. The van der Waals surface area contributed by atoms with Crippen molar-refractivity contribution >= 4 is 28.9 Å². The molecule has 1 aromatic carbocycles. The Morgan fingerprint density at radius 2 is 2.11 bits per heavy atom. The van der Waals surface area contributed by atoms with Crippen LogP contribution in [0.1, 0.15) is 24.4 Å². The van der Waals surface area contributed by atoms with Crippen molar-refractivity contribution in [2.75, 3.05) is 30.4 Å². The summed E-state index contributed by atoms with van der Waals surface area (Å²) in [7, 11) is 1.78. The molecule has 1 atom stereocenters. The number of halogens is 1. The molecule has 0 bridgehead atoms. The second-order valence-electron chi connectivity index (χ2n) is 4.80. The minimum atomic E-state index is -0.287. The lowest BCUT2D eigenvalue weighted by Gasteiger charge is -2.20. The topological polar surface area (TPSA) is 44.4 Å². The Morgan fingerprint density at radius 3 is 2.78 bits per heavy atom. The summed E-state index contributed by atoms with van der Waals surface area (Å²) in [6.45, 7) is 2.09. The van der Waals surface area contributed by atoms with Crippen LogP contribution in [-0.2, 0) is 4.79 Å². The van der Waals surface area contributed by atoms with Gasteiger partial charge >= 0.3 is 0 Å². The van der Waals surface area contributed by atoms with Crippen molar-refractivity contribution in [1.82, 2.24) is 5.32 Å². The van der Waals surface area contributed by atoms with Crippen molar-refractivity contribution in [1.29, 1.82) is 0 Å². The van der Waals surface area contributed by atoms with Gasteiger partial charge in [-0.05, 0) is 32.0 Å². The van der Waals surface area contributed by atoms with Crippen LogP contribution >= 0.6 is 11.6 Å². The van der Waals surface area contributed by atoms with Gasteiger partial charge in [0.2, 0.25) is 5.91 Å². The molecule has 1 amide bonds. The van der Waals surface area contributed by atoms with Gasteiger partial charge in [0.05, 0.1) is 10.7 Å². The van der Waals surface area contributed by atoms with Gasteiger partial charge in [0.1, 0.15) is 6.04 Å². The van der Waals surface area contributed by atoms with Crippen LogP contribution < -0.4 is 15.5 Å². The van der Waals surface area contributed by atoms with E-state index in [-0.39, 0.29) is 11.9 Å². The van der Waals surface area contributed by atoms with E-state index in [9.17, 15) is 4.79 Å². The quantitative estimate of drug-likeness (QED) is 0.861. The second-order valence-corrected chi connectivity index (χ2v) is 5.20. The van der Waals surface area contributed by atoms with Crippen LogP contribution in [0.5, 0.6) is 0 Å². The molecule has 18 heavy (non-hydrogen) atoms. The van der Waals surface area contributed by atoms with E-state index in [1.54, 1.807) is 7.05 Å². The summed E-state index contributed by atoms with van der Waals surface area (Å²) in [6, 6.07) is 3.62. The maximum atomic E-state index is 11.8. The van der Waals surface area contributed by atoms with Crippen LogP contribution in [0.4, 0.5) is 11.4 Å². The van der Waals surface area contributed by atoms with E-state index in [0.29, 0.717) is 0 Å². The number of likely N-dealkylation sites (N-methyl/N-ethyl adjacent to an activating group) is 1. The SMILES string of the molecule is CNC1C(=O)Nc2cc(N3CCCC3)c(Cl)cc21. The van der Waals surface area contributed by atoms with Crippen LogP contribution in [0.3, 0.4) is 0 Å². The highest BCUT2D eigenvalue weighted by Crippen LogP contribution is 2.39. The predicted molar refractivity (Wildman–Crippen MR) is 73.3 cm³/mol. The predicted octanol–water partition coefficient (Wildman–Crippen LogP) is 2.15. The zero-order valence-electron chi connectivity index (χ0n) is 10.3. The molecule has 0 saturated carbocycles. The molecule has 0 radical (unpaired) electrons. The first-order valence-electron chi connectivity index (χ1n) is 6.27. The molecule has 1 aromatic rings. The van der Waals surface area contributed by atoms with Gasteiger partial charge in [0, 0.05) is 24.3 Å². The van der Waals surface area contributed by atoms with Crippen LogP contribution in [0.2, 0.25) is 5.02 Å². The Balaban J connectivity index is 2.01. The van der Waals surface area contributed by atoms with E-state index in [2.05, 4.69) is 15.5 Å². The summed E-state index contributed by atoms with van der Waals surface area (Å²) < 4.78 is 0. The highest BCUT2D eigenvalue weighted by Gasteiger charge is 2.31. The number of carbonyl (C=O) groups is 1. The van der Waals surface area contributed by atoms with E-state index in [4.69, 9.17) is 11.6 Å². The molecule has 0 spiro atoms. The van der Waals surface area contributed by atoms with Gasteiger partial charge in [0.25, 0.3) is 0 Å². The molecule has 1 fully saturated rings. The van der Waals surface area contributed by atoms with Crippen molar-refractivity contribution < 1.29 is 4.79 Å². The van der Waals surface area contributed by atoms with Crippen molar-refractivity contribution in [3.63, 3.8) is 0 Å². The van der Waals surface area contributed by atoms with E-state index >= 15 is 0 Å². The first kappa shape index (κ1) is 11.8. The molecule has 2 N–H and O–H groups in total. The lowest BCUT2D eigenvalue weighted by molar-refractivity contribution is -0.117. The lowest BCUT2D eigenvalue weighted by atomic mass is 10.1. The number of hydrogen-bond acceptors (Lipinski definition) is 3. The molecule has 1 unspecified atom stereocenters. The van der Waals surface area contributed by atoms with E-state index in [1.165, 1.54) is 12.8 Å². The minimum Gasteiger partial charge on any atom is -0.370 e. The van der Waals surface area contributed by atoms with Gasteiger partial charge in [-0.1, -0.05) is 11.6 Å². The number of carbonyl (C=O) groups excluding carboxylic acids is 1. The summed E-state index contributed by atoms with van der Waals surface area (Å²) in [5.41, 5.74) is 2.85. The molecular formula is C13H16ClN3O. The molecule has 3 rings (SSSR count). The first-order valence-corrected chi connectivity index (χ1v) is 6.65. The third kappa shape index (κ3) is 1.76. The number of hydrogen-bond donors (Lipinski definition) is 2. The number of rotatable bonds is 2. The zero-order chi connectivity index (χ0) is 12.7. The molecular weight excluding hydrogens is 250 g/mol. The van der Waals surface area contributed by atoms with Crippen molar-refractivity contribution in [3.05, 3.63) is 22.7 Å². The third-order valence-electron chi connectivity index (χ3n) is 3.69. The maximum absolute atomic E-state index is 11.8. The molecule has 5 heteroatoms. The van der Waals surface area contributed by atoms with Crippen LogP contribution in [0.25, 0.3) is 0 Å². The van der Waals surface area contributed by atoms with Crippen molar-refractivity contribution in [2.45, 2.75) is 18.9 Å². The maximum Gasteiger partial charge on any atom is 0.246 e. The Bertz CT molecular complexity index is 497. The summed E-state index contributed by atoms with van der Waals surface area (Å²) in [5, 5.41) is 6.63. The van der Waals surface area contributed by atoms with E-state index in [1.807, 2.05) is 12.1 Å². The number of nitrogens with one attached hydrogen (secondary N) is 2. The van der Waals surface area contributed by atoms with Gasteiger partial charge in [-0.2, -0.15) is 0 Å². The molecule has 0 aromatic heterocycles. The number of anilines is 2. The fourth-order valence-electron chi connectivity index (χ4n) is 2.76. The Morgan fingerprint density at radius 1 is 1.39 bits per heavy atom. The van der Waals surface area contributed by atoms with Gasteiger partial charge < -0.3 is 15.5 Å². The summed E-state index contributed by atoms with van der Waals surface area (Å²) in [5.74, 6) is -0.0119. The third-order valence-corrected chi connectivity index (χ3v) is 3.99. The summed E-state index contributed by atoms with van der Waals surface area (Å²) in [4.78, 5) is 14.1. The standard InChI is InChI=1S/C13H16ClN3O/c1-15-12-8-6-9(14)11(17-4-2-3-5-17)7-10(8)16-13(12)18/h6-7,12,15H,2-5H2,1H3,(H,16,18). The molecule has 4 nitrogen and oxygen atoms in total. The normalized spacial score (nSPS) is 22.2. The summed E-state index contributed by atoms with van der Waals surface area (Å²) in [6.07, 6.45) is 2.41. The Labute approximate surface area is 111 Å². The Hall–Kier alpha value is -1.26. The number of nitrogens with zero attached hydrogens (tertiary/aromatic N) is 1. The lowest BCUT2D eigenvalue weighted by Crippen LogP contribution is -2.23. The van der Waals surface area contributed by atoms with Gasteiger partial charge in [-0.25, -0.2) is 0 Å². The van der Waals surface area contributed by atoms with Crippen molar-refractivity contribution in [3.8, 4) is 0 Å². The zero-order valence-corrected chi connectivity index (χ0v) is 11.0. The van der Waals surface area contributed by atoms with Crippen LogP contribution in [-0.4, -0.2) is 26.0 Å². The number of benzene rings is 1. The van der Waals surface area contributed by atoms with Crippen LogP contribution in [0, 0.1) is 0 Å². The van der Waals surface area contributed by atoms with Crippen molar-refractivity contribution in [2.24, 2.45) is 0 Å². The molecule has 1 saturated heterocycles. The number of amides is 1. The highest BCUT2D eigenvalue weighted by atomic mass is 35.5. The van der Waals surface area contributed by atoms with Gasteiger partial charge in [-0.3, -0.25) is 4.79 Å². The average Bonchev–Trinajstić information content (AvgIpc) is 2.94. The number of fused-ring (bicyclic) bond motifs is 1. The highest BCUT2D eigenvalue weighted by molar-refractivity contribution is 6.33. The molecule has 2 aliphatic heterocycles. The molecule has 96 valence electrons. The Kier molecular flexibility index (Phi) is 2.92. The first-order chi connectivity index (χ1) is 8.70. The minimum absolute atomic E-state index is 0.0119.